The predicted octanol–water partition coefficient (Wildman–Crippen LogP) is 4.03. The number of aromatic nitrogens is 5. The number of anilines is 1. The van der Waals surface area contributed by atoms with Gasteiger partial charge in [0.05, 0.1) is 25.5 Å². The van der Waals surface area contributed by atoms with Gasteiger partial charge in [-0.3, -0.25) is 10.2 Å². The number of benzene rings is 3. The molecule has 7 rings (SSSR count). The predicted molar refractivity (Wildman–Crippen MR) is 143 cm³/mol. The van der Waals surface area contributed by atoms with E-state index in [1.54, 1.807) is 30.7 Å². The molecule has 3 aromatic carbocycles. The maximum absolute atomic E-state index is 14.0. The highest BCUT2D eigenvalue weighted by Gasteiger charge is 2.36. The second-order valence-electron chi connectivity index (χ2n) is 9.44. The molecule has 1 aliphatic heterocycles. The van der Waals surface area contributed by atoms with E-state index in [-0.39, 0.29) is 23.1 Å². The largest absolute Gasteiger partial charge is 0.507 e. The Kier molecular flexibility index (Phi) is 4.77. The highest BCUT2D eigenvalue weighted by molar-refractivity contribution is 6.11. The minimum absolute atomic E-state index is 0.110. The highest BCUT2D eigenvalue weighted by atomic mass is 16.5. The van der Waals surface area contributed by atoms with E-state index in [4.69, 9.17) is 10.1 Å². The van der Waals surface area contributed by atoms with E-state index in [0.29, 0.717) is 41.4 Å². The third kappa shape index (κ3) is 3.20. The van der Waals surface area contributed by atoms with Crippen LogP contribution in [0.4, 0.5) is 5.69 Å². The van der Waals surface area contributed by atoms with Gasteiger partial charge in [0, 0.05) is 41.4 Å². The summed E-state index contributed by atoms with van der Waals surface area (Å²) in [6, 6.07) is 16.8. The molecule has 3 aromatic heterocycles. The molecule has 4 heterocycles. The van der Waals surface area contributed by atoms with Crippen molar-refractivity contribution in [2.75, 3.05) is 18.6 Å². The molecule has 10 nitrogen and oxygen atoms in total. The zero-order chi connectivity index (χ0) is 26.0. The first kappa shape index (κ1) is 22.1. The van der Waals surface area contributed by atoms with Crippen molar-refractivity contribution in [1.29, 1.82) is 5.41 Å². The van der Waals surface area contributed by atoms with Crippen LogP contribution in [-0.2, 0) is 6.54 Å². The van der Waals surface area contributed by atoms with Crippen LogP contribution in [0.2, 0.25) is 0 Å². The molecule has 1 amide bonds. The van der Waals surface area contributed by atoms with Gasteiger partial charge in [-0.15, -0.1) is 0 Å². The van der Waals surface area contributed by atoms with Gasteiger partial charge in [0.25, 0.3) is 5.91 Å². The topological polar surface area (TPSA) is 136 Å². The number of amides is 1. The van der Waals surface area contributed by atoms with E-state index in [1.807, 2.05) is 53.1 Å². The lowest BCUT2D eigenvalue weighted by Gasteiger charge is -2.18. The summed E-state index contributed by atoms with van der Waals surface area (Å²) in [6.07, 6.45) is 3.17. The summed E-state index contributed by atoms with van der Waals surface area (Å²) in [7, 11) is 1.61. The fourth-order valence-corrected chi connectivity index (χ4v) is 5.63. The van der Waals surface area contributed by atoms with Crippen LogP contribution in [-0.4, -0.2) is 49.2 Å². The third-order valence-electron chi connectivity index (χ3n) is 7.34. The average Bonchev–Trinajstić information content (AvgIpc) is 3.67. The Morgan fingerprint density at radius 1 is 1.13 bits per heavy atom. The molecule has 0 unspecified atom stereocenters. The molecule has 0 radical (unpaired) electrons. The molecule has 10 heteroatoms. The zero-order valence-corrected chi connectivity index (χ0v) is 20.4. The van der Waals surface area contributed by atoms with Gasteiger partial charge in [-0.25, -0.2) is 9.97 Å². The van der Waals surface area contributed by atoms with Crippen LogP contribution in [0.3, 0.4) is 0 Å². The molecule has 0 saturated heterocycles. The van der Waals surface area contributed by atoms with Gasteiger partial charge >= 0.3 is 0 Å². The fraction of sp³-hybridized carbons (Fsp3) is 0.143. The van der Waals surface area contributed by atoms with Crippen molar-refractivity contribution < 1.29 is 14.6 Å². The van der Waals surface area contributed by atoms with Crippen LogP contribution in [0.15, 0.2) is 67.3 Å². The van der Waals surface area contributed by atoms with Crippen LogP contribution in [0, 0.1) is 5.41 Å². The summed E-state index contributed by atoms with van der Waals surface area (Å²) in [5.74, 6) is 0.502. The van der Waals surface area contributed by atoms with Crippen molar-refractivity contribution in [3.8, 4) is 11.5 Å². The Balaban J connectivity index is 1.36. The van der Waals surface area contributed by atoms with Crippen molar-refractivity contribution in [3.05, 3.63) is 84.0 Å². The van der Waals surface area contributed by atoms with Gasteiger partial charge in [-0.2, -0.15) is 0 Å². The lowest BCUT2D eigenvalue weighted by atomic mass is 9.94. The fourth-order valence-electron chi connectivity index (χ4n) is 5.63. The number of rotatable bonds is 4. The molecule has 1 aliphatic rings. The van der Waals surface area contributed by atoms with Crippen LogP contribution >= 0.6 is 0 Å². The SMILES string of the molecule is COc1cccc2[nH]c(C(=O)N3C[C@@H](Cn4cnc(=N)c5[nH]cnc54)c4c3cc(O)c3ccccc43)cc12. The Morgan fingerprint density at radius 3 is 2.82 bits per heavy atom. The number of carbonyl (C=O) groups excluding carboxylic acids is 1. The Labute approximate surface area is 215 Å². The van der Waals surface area contributed by atoms with Crippen molar-refractivity contribution in [3.63, 3.8) is 0 Å². The smallest absolute Gasteiger partial charge is 0.274 e. The number of nitrogens with zero attached hydrogens (tertiary/aromatic N) is 4. The molecule has 0 bridgehead atoms. The summed E-state index contributed by atoms with van der Waals surface area (Å²) in [6.45, 7) is 0.885. The summed E-state index contributed by atoms with van der Waals surface area (Å²) in [5, 5.41) is 21.4. The van der Waals surface area contributed by atoms with Crippen LogP contribution in [0.1, 0.15) is 22.0 Å². The molecule has 1 atom stereocenters. The number of carbonyl (C=O) groups is 1. The minimum atomic E-state index is -0.198. The summed E-state index contributed by atoms with van der Waals surface area (Å²) in [4.78, 5) is 30.5. The number of hydrogen-bond acceptors (Lipinski definition) is 6. The Bertz CT molecular complexity index is 1950. The molecule has 38 heavy (non-hydrogen) atoms. The molecule has 0 spiro atoms. The number of H-pyrrole nitrogens is 2. The quantitative estimate of drug-likeness (QED) is 0.287. The number of aromatic hydroxyl groups is 1. The Hall–Kier alpha value is -5.12. The number of phenols is 1. The van der Waals surface area contributed by atoms with E-state index in [9.17, 15) is 9.90 Å². The number of ether oxygens (including phenoxy) is 1. The van der Waals surface area contributed by atoms with Gasteiger partial charge in [0.15, 0.2) is 11.1 Å². The number of phenolic OH excluding ortho intramolecular Hbond substituents is 1. The normalized spacial score (nSPS) is 15.0. The zero-order valence-electron chi connectivity index (χ0n) is 20.4. The first-order valence-corrected chi connectivity index (χ1v) is 12.2. The lowest BCUT2D eigenvalue weighted by Crippen LogP contribution is -2.31. The summed E-state index contributed by atoms with van der Waals surface area (Å²) in [5.41, 5.74) is 4.21. The first-order chi connectivity index (χ1) is 18.5. The highest BCUT2D eigenvalue weighted by Crippen LogP contribution is 2.46. The van der Waals surface area contributed by atoms with Gasteiger partial charge in [-0.1, -0.05) is 30.3 Å². The number of aromatic amines is 2. The minimum Gasteiger partial charge on any atom is -0.507 e. The molecule has 4 N–H and O–H groups in total. The molecule has 0 aliphatic carbocycles. The maximum atomic E-state index is 14.0. The lowest BCUT2D eigenvalue weighted by molar-refractivity contribution is 0.0984. The monoisotopic (exact) mass is 505 g/mol. The van der Waals surface area contributed by atoms with E-state index >= 15 is 0 Å². The number of fused-ring (bicyclic) bond motifs is 5. The van der Waals surface area contributed by atoms with E-state index in [1.165, 1.54) is 0 Å². The molecular weight excluding hydrogens is 482 g/mol. The van der Waals surface area contributed by atoms with Gasteiger partial charge in [-0.05, 0) is 29.1 Å². The summed E-state index contributed by atoms with van der Waals surface area (Å²) < 4.78 is 7.38. The molecule has 0 saturated carbocycles. The second kappa shape index (κ2) is 8.20. The van der Waals surface area contributed by atoms with Crippen molar-refractivity contribution in [2.45, 2.75) is 12.5 Å². The number of methoxy groups -OCH3 is 1. The first-order valence-electron chi connectivity index (χ1n) is 12.2. The molecular formula is C28H23N7O3. The average molecular weight is 506 g/mol. The van der Waals surface area contributed by atoms with Crippen LogP contribution in [0.25, 0.3) is 32.8 Å². The standard InChI is InChI=1S/C28H23N7O3/c1-38-23-8-4-7-19-18(23)9-20(33-19)28(37)35-12-15(11-34-14-32-26(29)25-27(34)31-13-30-25)24-17-6-3-2-5-16(17)22(36)10-21(24)35/h2-10,13-15,29,33,36H,11-12H2,1H3,(H,30,31)/t15-/m1/s1. The van der Waals surface area contributed by atoms with E-state index in [0.717, 1.165) is 27.2 Å². The van der Waals surface area contributed by atoms with Crippen LogP contribution < -0.4 is 15.1 Å². The molecule has 0 fully saturated rings. The second-order valence-corrected chi connectivity index (χ2v) is 9.44. The Morgan fingerprint density at radius 2 is 1.97 bits per heavy atom. The van der Waals surface area contributed by atoms with Crippen LogP contribution in [0.5, 0.6) is 11.5 Å². The van der Waals surface area contributed by atoms with Crippen molar-refractivity contribution >= 4 is 44.4 Å². The van der Waals surface area contributed by atoms with E-state index in [2.05, 4.69) is 19.9 Å². The number of hydrogen-bond donors (Lipinski definition) is 4. The number of imidazole rings is 1. The van der Waals surface area contributed by atoms with Gasteiger partial charge < -0.3 is 29.3 Å². The molecule has 6 aromatic rings. The van der Waals surface area contributed by atoms with Crippen molar-refractivity contribution in [1.82, 2.24) is 24.5 Å². The van der Waals surface area contributed by atoms with Crippen molar-refractivity contribution in [2.24, 2.45) is 0 Å². The molecule has 188 valence electrons. The van der Waals surface area contributed by atoms with Gasteiger partial charge in [0.2, 0.25) is 0 Å². The maximum Gasteiger partial charge on any atom is 0.274 e. The number of nitrogens with one attached hydrogen (secondary N) is 3. The third-order valence-corrected chi connectivity index (χ3v) is 7.34. The summed E-state index contributed by atoms with van der Waals surface area (Å²) >= 11 is 0. The van der Waals surface area contributed by atoms with Gasteiger partial charge in [0.1, 0.15) is 22.7 Å². The van der Waals surface area contributed by atoms with E-state index < -0.39 is 0 Å².